The van der Waals surface area contributed by atoms with Gasteiger partial charge in [-0.1, -0.05) is 0 Å². The maximum absolute atomic E-state index is 12.3. The molecule has 2 unspecified atom stereocenters. The SMILES string of the molecule is CCOC(=O)N1CCC(NC(=O)C2CC2C(=O)NCCN(C)C)CC1. The fourth-order valence-corrected chi connectivity index (χ4v) is 3.04. The Bertz CT molecular complexity index is 489. The van der Waals surface area contributed by atoms with E-state index in [1.165, 1.54) is 0 Å². The largest absolute Gasteiger partial charge is 0.450 e. The molecule has 1 aliphatic heterocycles. The molecule has 1 saturated heterocycles. The Hall–Kier alpha value is -1.83. The molecule has 2 aliphatic rings. The van der Waals surface area contributed by atoms with Gasteiger partial charge in [0.25, 0.3) is 0 Å². The molecule has 0 radical (unpaired) electrons. The molecule has 8 nitrogen and oxygen atoms in total. The van der Waals surface area contributed by atoms with Gasteiger partial charge >= 0.3 is 6.09 Å². The van der Waals surface area contributed by atoms with Crippen molar-refractivity contribution in [2.75, 3.05) is 46.9 Å². The number of rotatable bonds is 7. The number of piperidine rings is 1. The lowest BCUT2D eigenvalue weighted by atomic mass is 10.1. The van der Waals surface area contributed by atoms with Gasteiger partial charge in [0, 0.05) is 32.2 Å². The number of hydrogen-bond acceptors (Lipinski definition) is 5. The fraction of sp³-hybridized carbons (Fsp3) is 0.824. The Morgan fingerprint density at radius 2 is 1.76 bits per heavy atom. The summed E-state index contributed by atoms with van der Waals surface area (Å²) in [6.45, 7) is 4.71. The summed E-state index contributed by atoms with van der Waals surface area (Å²) in [5.74, 6) is -0.467. The first-order chi connectivity index (χ1) is 11.9. The van der Waals surface area contributed by atoms with Crippen LogP contribution in [0.25, 0.3) is 0 Å². The molecule has 2 atom stereocenters. The zero-order valence-corrected chi connectivity index (χ0v) is 15.4. The van der Waals surface area contributed by atoms with Gasteiger partial charge in [-0.3, -0.25) is 9.59 Å². The van der Waals surface area contributed by atoms with Gasteiger partial charge in [0.1, 0.15) is 0 Å². The van der Waals surface area contributed by atoms with Gasteiger partial charge in [-0.05, 0) is 40.3 Å². The molecule has 2 fully saturated rings. The molecule has 8 heteroatoms. The summed E-state index contributed by atoms with van der Waals surface area (Å²) in [4.78, 5) is 39.6. The average molecular weight is 354 g/mol. The van der Waals surface area contributed by atoms with Crippen LogP contribution >= 0.6 is 0 Å². The van der Waals surface area contributed by atoms with Gasteiger partial charge in [0.05, 0.1) is 18.4 Å². The second-order valence-corrected chi connectivity index (χ2v) is 7.01. The van der Waals surface area contributed by atoms with E-state index >= 15 is 0 Å². The number of hydrogen-bond donors (Lipinski definition) is 2. The maximum atomic E-state index is 12.3. The highest BCUT2D eigenvalue weighted by Gasteiger charge is 2.48. The minimum atomic E-state index is -0.288. The van der Waals surface area contributed by atoms with Crippen molar-refractivity contribution in [3.05, 3.63) is 0 Å². The highest BCUT2D eigenvalue weighted by atomic mass is 16.6. The molecule has 1 aliphatic carbocycles. The number of likely N-dealkylation sites (N-methyl/N-ethyl adjacent to an activating group) is 1. The summed E-state index contributed by atoms with van der Waals surface area (Å²) < 4.78 is 4.99. The van der Waals surface area contributed by atoms with Crippen molar-refractivity contribution >= 4 is 17.9 Å². The number of likely N-dealkylation sites (tertiary alicyclic amines) is 1. The van der Waals surface area contributed by atoms with Gasteiger partial charge in [-0.25, -0.2) is 4.79 Å². The zero-order valence-electron chi connectivity index (χ0n) is 15.4. The lowest BCUT2D eigenvalue weighted by molar-refractivity contribution is -0.127. The van der Waals surface area contributed by atoms with Gasteiger partial charge < -0.3 is 25.2 Å². The predicted octanol–water partition coefficient (Wildman–Crippen LogP) is 0.0374. The van der Waals surface area contributed by atoms with Crippen LogP contribution in [0.4, 0.5) is 4.79 Å². The molecule has 142 valence electrons. The smallest absolute Gasteiger partial charge is 0.409 e. The van der Waals surface area contributed by atoms with E-state index in [0.29, 0.717) is 32.7 Å². The molecule has 2 rings (SSSR count). The van der Waals surface area contributed by atoms with Crippen molar-refractivity contribution in [1.82, 2.24) is 20.4 Å². The Morgan fingerprint density at radius 1 is 1.12 bits per heavy atom. The van der Waals surface area contributed by atoms with Crippen molar-refractivity contribution in [1.29, 1.82) is 0 Å². The van der Waals surface area contributed by atoms with Crippen molar-refractivity contribution in [2.24, 2.45) is 11.8 Å². The van der Waals surface area contributed by atoms with E-state index in [2.05, 4.69) is 10.6 Å². The van der Waals surface area contributed by atoms with Crippen LogP contribution < -0.4 is 10.6 Å². The lowest BCUT2D eigenvalue weighted by Crippen LogP contribution is -2.47. The highest BCUT2D eigenvalue weighted by Crippen LogP contribution is 2.39. The quantitative estimate of drug-likeness (QED) is 0.673. The summed E-state index contributed by atoms with van der Waals surface area (Å²) in [7, 11) is 3.90. The van der Waals surface area contributed by atoms with E-state index in [0.717, 1.165) is 19.4 Å². The first-order valence-corrected chi connectivity index (χ1v) is 9.06. The Labute approximate surface area is 149 Å². The van der Waals surface area contributed by atoms with Crippen LogP contribution in [0.1, 0.15) is 26.2 Å². The molecule has 1 saturated carbocycles. The maximum Gasteiger partial charge on any atom is 0.409 e. The lowest BCUT2D eigenvalue weighted by Gasteiger charge is -2.31. The minimum Gasteiger partial charge on any atom is -0.450 e. The molecule has 0 aromatic carbocycles. The molecule has 0 aromatic rings. The Balaban J connectivity index is 1.65. The van der Waals surface area contributed by atoms with E-state index in [9.17, 15) is 14.4 Å². The third-order valence-corrected chi connectivity index (χ3v) is 4.69. The van der Waals surface area contributed by atoms with Crippen LogP contribution in [-0.4, -0.2) is 80.6 Å². The molecule has 2 N–H and O–H groups in total. The predicted molar refractivity (Wildman–Crippen MR) is 92.9 cm³/mol. The fourth-order valence-electron chi connectivity index (χ4n) is 3.04. The summed E-state index contributed by atoms with van der Waals surface area (Å²) >= 11 is 0. The summed E-state index contributed by atoms with van der Waals surface area (Å²) in [6.07, 6.45) is 1.78. The number of carbonyl (C=O) groups excluding carboxylic acids is 3. The molecule has 25 heavy (non-hydrogen) atoms. The zero-order chi connectivity index (χ0) is 18.4. The van der Waals surface area contributed by atoms with E-state index in [-0.39, 0.29) is 35.8 Å². The van der Waals surface area contributed by atoms with Crippen molar-refractivity contribution in [3.8, 4) is 0 Å². The number of carbonyl (C=O) groups is 3. The van der Waals surface area contributed by atoms with E-state index in [1.807, 2.05) is 19.0 Å². The molecular formula is C17H30N4O4. The molecule has 0 bridgehead atoms. The first-order valence-electron chi connectivity index (χ1n) is 9.06. The van der Waals surface area contributed by atoms with Crippen molar-refractivity contribution in [2.45, 2.75) is 32.2 Å². The molecular weight excluding hydrogens is 324 g/mol. The molecule has 0 aromatic heterocycles. The average Bonchev–Trinajstić information content (AvgIpc) is 3.36. The summed E-state index contributed by atoms with van der Waals surface area (Å²) in [5.41, 5.74) is 0. The second kappa shape index (κ2) is 9.03. The third kappa shape index (κ3) is 5.88. The van der Waals surface area contributed by atoms with Crippen molar-refractivity contribution in [3.63, 3.8) is 0 Å². The number of amides is 3. The van der Waals surface area contributed by atoms with Gasteiger partial charge in [0.2, 0.25) is 11.8 Å². The van der Waals surface area contributed by atoms with Crippen LogP contribution in [0.2, 0.25) is 0 Å². The van der Waals surface area contributed by atoms with Crippen LogP contribution in [-0.2, 0) is 14.3 Å². The van der Waals surface area contributed by atoms with Gasteiger partial charge in [-0.15, -0.1) is 0 Å². The number of nitrogens with zero attached hydrogens (tertiary/aromatic N) is 2. The standard InChI is InChI=1S/C17H30N4O4/c1-4-25-17(24)21-8-5-12(6-9-21)19-16(23)14-11-13(14)15(22)18-7-10-20(2)3/h12-14H,4-11H2,1-3H3,(H,18,22)(H,19,23). The van der Waals surface area contributed by atoms with Crippen LogP contribution in [0.3, 0.4) is 0 Å². The van der Waals surface area contributed by atoms with Gasteiger partial charge in [-0.2, -0.15) is 0 Å². The second-order valence-electron chi connectivity index (χ2n) is 7.01. The van der Waals surface area contributed by atoms with Crippen LogP contribution in [0.15, 0.2) is 0 Å². The molecule has 1 heterocycles. The van der Waals surface area contributed by atoms with E-state index < -0.39 is 0 Å². The van der Waals surface area contributed by atoms with Crippen molar-refractivity contribution < 1.29 is 19.1 Å². The minimum absolute atomic E-state index is 0.0286. The molecule has 3 amide bonds. The topological polar surface area (TPSA) is 91.0 Å². The Morgan fingerprint density at radius 3 is 2.36 bits per heavy atom. The Kier molecular flexibility index (Phi) is 7.04. The van der Waals surface area contributed by atoms with Crippen LogP contribution in [0.5, 0.6) is 0 Å². The normalized spacial score (nSPS) is 23.3. The third-order valence-electron chi connectivity index (χ3n) is 4.69. The summed E-state index contributed by atoms with van der Waals surface area (Å²) in [6, 6.07) is 0.0660. The highest BCUT2D eigenvalue weighted by molar-refractivity contribution is 5.92. The number of ether oxygens (including phenoxy) is 1. The first kappa shape index (κ1) is 19.5. The summed E-state index contributed by atoms with van der Waals surface area (Å²) in [5, 5.41) is 5.90. The van der Waals surface area contributed by atoms with E-state index in [1.54, 1.807) is 11.8 Å². The van der Waals surface area contributed by atoms with Crippen LogP contribution in [0, 0.1) is 11.8 Å². The number of nitrogens with one attached hydrogen (secondary N) is 2. The van der Waals surface area contributed by atoms with Gasteiger partial charge in [0.15, 0.2) is 0 Å². The monoisotopic (exact) mass is 354 g/mol. The molecule has 0 spiro atoms. The van der Waals surface area contributed by atoms with E-state index in [4.69, 9.17) is 4.74 Å².